The lowest BCUT2D eigenvalue weighted by molar-refractivity contribution is -0.140. The molecule has 0 fully saturated rings. The summed E-state index contributed by atoms with van der Waals surface area (Å²) < 4.78 is 0. The van der Waals surface area contributed by atoms with Gasteiger partial charge >= 0.3 is 5.97 Å². The number of hydrogen-bond acceptors (Lipinski definition) is 3. The molecule has 1 aromatic rings. The van der Waals surface area contributed by atoms with E-state index in [4.69, 9.17) is 5.11 Å². The van der Waals surface area contributed by atoms with Crippen molar-refractivity contribution in [3.8, 4) is 0 Å². The molecule has 0 saturated carbocycles. The lowest BCUT2D eigenvalue weighted by Gasteiger charge is -2.11. The average molecular weight is 263 g/mol. The van der Waals surface area contributed by atoms with Gasteiger partial charge in [-0.05, 0) is 11.5 Å². The molecule has 1 unspecified atom stereocenters. The molecule has 102 valence electrons. The first-order valence-electron chi connectivity index (χ1n) is 6.01. The SMILES string of the molecule is CC(C)c1ccc(C(=O)CC(NC=O)C(=O)O)cc1. The minimum Gasteiger partial charge on any atom is -0.480 e. The van der Waals surface area contributed by atoms with Crippen LogP contribution < -0.4 is 5.32 Å². The van der Waals surface area contributed by atoms with Gasteiger partial charge in [0.15, 0.2) is 5.78 Å². The highest BCUT2D eigenvalue weighted by molar-refractivity contribution is 5.99. The van der Waals surface area contributed by atoms with E-state index in [0.29, 0.717) is 11.5 Å². The molecule has 0 aliphatic rings. The summed E-state index contributed by atoms with van der Waals surface area (Å²) in [6.45, 7) is 4.09. The molecule has 0 saturated heterocycles. The Bertz CT molecular complexity index is 465. The highest BCUT2D eigenvalue weighted by Crippen LogP contribution is 2.15. The molecule has 0 spiro atoms. The van der Waals surface area contributed by atoms with E-state index in [0.717, 1.165) is 5.56 Å². The highest BCUT2D eigenvalue weighted by atomic mass is 16.4. The molecular formula is C14H17NO4. The number of aliphatic carboxylic acids is 1. The van der Waals surface area contributed by atoms with E-state index in [9.17, 15) is 14.4 Å². The number of carboxylic acid groups (broad SMARTS) is 1. The molecular weight excluding hydrogens is 246 g/mol. The number of amides is 1. The van der Waals surface area contributed by atoms with Crippen LogP contribution in [-0.2, 0) is 9.59 Å². The molecule has 1 aromatic carbocycles. The Morgan fingerprint density at radius 1 is 1.26 bits per heavy atom. The molecule has 1 amide bonds. The molecule has 2 N–H and O–H groups in total. The van der Waals surface area contributed by atoms with Crippen LogP contribution in [0.1, 0.15) is 42.1 Å². The van der Waals surface area contributed by atoms with Crippen LogP contribution in [0.3, 0.4) is 0 Å². The Balaban J connectivity index is 2.76. The molecule has 5 heteroatoms. The summed E-state index contributed by atoms with van der Waals surface area (Å²) >= 11 is 0. The van der Waals surface area contributed by atoms with Crippen molar-refractivity contribution in [1.82, 2.24) is 5.32 Å². The molecule has 0 aromatic heterocycles. The maximum atomic E-state index is 11.9. The van der Waals surface area contributed by atoms with Gasteiger partial charge in [-0.25, -0.2) is 4.79 Å². The Hall–Kier alpha value is -2.17. The minimum atomic E-state index is -1.22. The number of hydrogen-bond donors (Lipinski definition) is 2. The molecule has 1 atom stereocenters. The van der Waals surface area contributed by atoms with E-state index in [1.54, 1.807) is 12.1 Å². The van der Waals surface area contributed by atoms with Crippen molar-refractivity contribution in [2.75, 3.05) is 0 Å². The lowest BCUT2D eigenvalue weighted by Crippen LogP contribution is -2.37. The monoisotopic (exact) mass is 263 g/mol. The van der Waals surface area contributed by atoms with E-state index >= 15 is 0 Å². The second-order valence-electron chi connectivity index (χ2n) is 4.58. The molecule has 0 aliphatic heterocycles. The topological polar surface area (TPSA) is 83.5 Å². The molecule has 0 radical (unpaired) electrons. The number of benzene rings is 1. The maximum absolute atomic E-state index is 11.9. The standard InChI is InChI=1S/C14H17NO4/c1-9(2)10-3-5-11(6-4-10)13(17)7-12(14(18)19)15-8-16/h3-6,8-9,12H,7H2,1-2H3,(H,15,16)(H,18,19). The van der Waals surface area contributed by atoms with Crippen LogP contribution in [0.15, 0.2) is 24.3 Å². The number of rotatable bonds is 7. The number of ketones is 1. The first-order valence-corrected chi connectivity index (χ1v) is 6.01. The van der Waals surface area contributed by atoms with Crippen molar-refractivity contribution in [2.45, 2.75) is 32.2 Å². The van der Waals surface area contributed by atoms with E-state index in [1.807, 2.05) is 26.0 Å². The summed E-state index contributed by atoms with van der Waals surface area (Å²) in [4.78, 5) is 33.0. The van der Waals surface area contributed by atoms with Crippen LogP contribution in [-0.4, -0.2) is 29.3 Å². The minimum absolute atomic E-state index is 0.255. The van der Waals surface area contributed by atoms with Gasteiger partial charge in [0.2, 0.25) is 6.41 Å². The van der Waals surface area contributed by atoms with Gasteiger partial charge < -0.3 is 10.4 Å². The second kappa shape index (κ2) is 6.68. The molecule has 1 rings (SSSR count). The van der Waals surface area contributed by atoms with Crippen LogP contribution in [0, 0.1) is 0 Å². The molecule has 5 nitrogen and oxygen atoms in total. The van der Waals surface area contributed by atoms with Crippen molar-refractivity contribution >= 4 is 18.2 Å². The van der Waals surface area contributed by atoms with E-state index in [-0.39, 0.29) is 18.6 Å². The maximum Gasteiger partial charge on any atom is 0.326 e. The summed E-state index contributed by atoms with van der Waals surface area (Å²) in [5.41, 5.74) is 1.56. The zero-order valence-electron chi connectivity index (χ0n) is 10.9. The van der Waals surface area contributed by atoms with Gasteiger partial charge in [-0.1, -0.05) is 38.1 Å². The summed E-state index contributed by atoms with van der Waals surface area (Å²) in [7, 11) is 0. The summed E-state index contributed by atoms with van der Waals surface area (Å²) in [6, 6.07) is 5.87. The zero-order chi connectivity index (χ0) is 14.4. The van der Waals surface area contributed by atoms with Crippen molar-refractivity contribution < 1.29 is 19.5 Å². The fourth-order valence-electron chi connectivity index (χ4n) is 1.66. The first kappa shape index (κ1) is 14.9. The normalized spacial score (nSPS) is 11.9. The molecule has 0 heterocycles. The van der Waals surface area contributed by atoms with Gasteiger partial charge in [-0.3, -0.25) is 9.59 Å². The number of carbonyl (C=O) groups excluding carboxylic acids is 2. The van der Waals surface area contributed by atoms with Crippen molar-refractivity contribution in [1.29, 1.82) is 0 Å². The van der Waals surface area contributed by atoms with Crippen molar-refractivity contribution in [3.05, 3.63) is 35.4 Å². The van der Waals surface area contributed by atoms with E-state index in [1.165, 1.54) is 0 Å². The quantitative estimate of drug-likeness (QED) is 0.578. The van der Waals surface area contributed by atoms with Crippen LogP contribution in [0.4, 0.5) is 0 Å². The summed E-state index contributed by atoms with van der Waals surface area (Å²) in [6.07, 6.45) is 0.0308. The second-order valence-corrected chi connectivity index (χ2v) is 4.58. The van der Waals surface area contributed by atoms with Crippen LogP contribution >= 0.6 is 0 Å². The van der Waals surface area contributed by atoms with Gasteiger partial charge in [0.1, 0.15) is 6.04 Å². The lowest BCUT2D eigenvalue weighted by atomic mass is 9.98. The molecule has 0 bridgehead atoms. The predicted molar refractivity (Wildman–Crippen MR) is 70.1 cm³/mol. The van der Waals surface area contributed by atoms with Crippen LogP contribution in [0.2, 0.25) is 0 Å². The molecule has 19 heavy (non-hydrogen) atoms. The van der Waals surface area contributed by atoms with E-state index < -0.39 is 12.0 Å². The summed E-state index contributed by atoms with van der Waals surface area (Å²) in [5, 5.41) is 11.0. The van der Waals surface area contributed by atoms with Gasteiger partial charge in [0, 0.05) is 12.0 Å². The van der Waals surface area contributed by atoms with E-state index in [2.05, 4.69) is 5.32 Å². The Kier molecular flexibility index (Phi) is 5.23. The number of Topliss-reactive ketones (excluding diaryl/α,β-unsaturated/α-hetero) is 1. The highest BCUT2D eigenvalue weighted by Gasteiger charge is 2.21. The first-order chi connectivity index (χ1) is 8.95. The number of carboxylic acids is 1. The van der Waals surface area contributed by atoms with Gasteiger partial charge in [-0.2, -0.15) is 0 Å². The molecule has 0 aliphatic carbocycles. The largest absolute Gasteiger partial charge is 0.480 e. The fraction of sp³-hybridized carbons (Fsp3) is 0.357. The Morgan fingerprint density at radius 3 is 2.26 bits per heavy atom. The smallest absolute Gasteiger partial charge is 0.326 e. The number of nitrogens with one attached hydrogen (secondary N) is 1. The van der Waals surface area contributed by atoms with Gasteiger partial charge in [0.05, 0.1) is 0 Å². The average Bonchev–Trinajstić information content (AvgIpc) is 2.38. The van der Waals surface area contributed by atoms with Crippen molar-refractivity contribution in [2.24, 2.45) is 0 Å². The summed E-state index contributed by atoms with van der Waals surface area (Å²) in [5.74, 6) is -1.16. The Labute approximate surface area is 111 Å². The van der Waals surface area contributed by atoms with Gasteiger partial charge in [0.25, 0.3) is 0 Å². The third kappa shape index (κ3) is 4.21. The van der Waals surface area contributed by atoms with Crippen LogP contribution in [0.25, 0.3) is 0 Å². The third-order valence-electron chi connectivity index (χ3n) is 2.86. The van der Waals surface area contributed by atoms with Crippen LogP contribution in [0.5, 0.6) is 0 Å². The third-order valence-corrected chi connectivity index (χ3v) is 2.86. The zero-order valence-corrected chi connectivity index (χ0v) is 10.9. The number of carbonyl (C=O) groups is 3. The van der Waals surface area contributed by atoms with Gasteiger partial charge in [-0.15, -0.1) is 0 Å². The Morgan fingerprint density at radius 2 is 1.84 bits per heavy atom. The van der Waals surface area contributed by atoms with Crippen molar-refractivity contribution in [3.63, 3.8) is 0 Å². The predicted octanol–water partition coefficient (Wildman–Crippen LogP) is 1.58. The fourth-order valence-corrected chi connectivity index (χ4v) is 1.66.